The molecule has 1 atom stereocenters. The first-order valence-corrected chi connectivity index (χ1v) is 14.2. The highest BCUT2D eigenvalue weighted by atomic mass is 16.4. The zero-order chi connectivity index (χ0) is 28.0. The summed E-state index contributed by atoms with van der Waals surface area (Å²) in [5.41, 5.74) is 3.98. The molecule has 38 heavy (non-hydrogen) atoms. The van der Waals surface area contributed by atoms with Gasteiger partial charge in [0.15, 0.2) is 0 Å². The molecule has 6 heteroatoms. The zero-order valence-corrected chi connectivity index (χ0v) is 23.8. The SMILES string of the molecule is CC(C)(O)CC(=O)O.CCCCCCC(NC(=O)Cc1ccccc1)c1cccc(C)c1N1CCCCC1. The van der Waals surface area contributed by atoms with Crippen molar-refractivity contribution in [3.63, 3.8) is 0 Å². The van der Waals surface area contributed by atoms with Crippen LogP contribution in [0.15, 0.2) is 48.5 Å². The Bertz CT molecular complexity index is 979. The van der Waals surface area contributed by atoms with Gasteiger partial charge in [-0.3, -0.25) is 9.59 Å². The smallest absolute Gasteiger partial charge is 0.306 e. The van der Waals surface area contributed by atoms with Crippen LogP contribution in [0.3, 0.4) is 0 Å². The van der Waals surface area contributed by atoms with Crippen molar-refractivity contribution in [1.82, 2.24) is 5.32 Å². The van der Waals surface area contributed by atoms with Crippen molar-refractivity contribution in [2.75, 3.05) is 18.0 Å². The molecule has 0 aromatic heterocycles. The molecule has 1 amide bonds. The van der Waals surface area contributed by atoms with Crippen molar-refractivity contribution >= 4 is 17.6 Å². The molecule has 210 valence electrons. The first-order chi connectivity index (χ1) is 18.1. The molecule has 3 rings (SSSR count). The summed E-state index contributed by atoms with van der Waals surface area (Å²) < 4.78 is 0. The van der Waals surface area contributed by atoms with Gasteiger partial charge < -0.3 is 20.4 Å². The zero-order valence-electron chi connectivity index (χ0n) is 23.8. The Morgan fingerprint density at radius 3 is 2.24 bits per heavy atom. The van der Waals surface area contributed by atoms with Crippen LogP contribution in [0, 0.1) is 6.92 Å². The highest BCUT2D eigenvalue weighted by molar-refractivity contribution is 5.79. The standard InChI is InChI=1S/C27H38N2O.C5H10O3/c1-3-4-5-10-18-25(28-26(30)21-23-15-8-6-9-16-23)24-17-13-14-22(2)27(24)29-19-11-7-12-20-29;1-5(2,8)3-4(6)7/h6,8-9,13-17,25H,3-5,7,10-12,18-21H2,1-2H3,(H,28,30);8H,3H2,1-2H3,(H,6,7). The lowest BCUT2D eigenvalue weighted by molar-refractivity contribution is -0.141. The maximum Gasteiger partial charge on any atom is 0.306 e. The second kappa shape index (κ2) is 16.2. The number of carboxylic acid groups (broad SMARTS) is 1. The van der Waals surface area contributed by atoms with Crippen molar-refractivity contribution in [3.8, 4) is 0 Å². The molecule has 1 fully saturated rings. The van der Waals surface area contributed by atoms with Crippen molar-refractivity contribution in [1.29, 1.82) is 0 Å². The Morgan fingerprint density at radius 1 is 0.974 bits per heavy atom. The van der Waals surface area contributed by atoms with Crippen molar-refractivity contribution in [3.05, 3.63) is 65.2 Å². The van der Waals surface area contributed by atoms with E-state index < -0.39 is 11.6 Å². The number of nitrogens with one attached hydrogen (secondary N) is 1. The molecule has 2 aromatic rings. The molecule has 6 nitrogen and oxygen atoms in total. The lowest BCUT2D eigenvalue weighted by atomic mass is 9.94. The summed E-state index contributed by atoms with van der Waals surface area (Å²) in [5.74, 6) is -0.856. The Kier molecular flexibility index (Phi) is 13.4. The van der Waals surface area contributed by atoms with Gasteiger partial charge in [0.1, 0.15) is 0 Å². The Morgan fingerprint density at radius 2 is 1.66 bits per heavy atom. The average Bonchev–Trinajstić information content (AvgIpc) is 2.86. The summed E-state index contributed by atoms with van der Waals surface area (Å²) >= 11 is 0. The normalized spacial score (nSPS) is 14.3. The maximum absolute atomic E-state index is 12.9. The number of hydrogen-bond acceptors (Lipinski definition) is 4. The van der Waals surface area contributed by atoms with E-state index in [-0.39, 0.29) is 18.4 Å². The summed E-state index contributed by atoms with van der Waals surface area (Å²) in [6.45, 7) is 9.63. The number of unbranched alkanes of at least 4 members (excludes halogenated alkanes) is 3. The number of carbonyl (C=O) groups excluding carboxylic acids is 1. The number of piperidine rings is 1. The third-order valence-corrected chi connectivity index (χ3v) is 6.79. The Labute approximate surface area is 229 Å². The van der Waals surface area contributed by atoms with Crippen LogP contribution in [0.1, 0.15) is 101 Å². The molecule has 0 spiro atoms. The Balaban J connectivity index is 0.000000550. The van der Waals surface area contributed by atoms with Gasteiger partial charge in [0, 0.05) is 18.8 Å². The third-order valence-electron chi connectivity index (χ3n) is 6.79. The summed E-state index contributed by atoms with van der Waals surface area (Å²) in [5, 5.41) is 20.3. The van der Waals surface area contributed by atoms with Crippen LogP contribution in [-0.4, -0.2) is 40.8 Å². The predicted octanol–water partition coefficient (Wildman–Crippen LogP) is 6.59. The first kappa shape index (κ1) is 31.4. The van der Waals surface area contributed by atoms with E-state index in [0.29, 0.717) is 6.42 Å². The average molecular weight is 525 g/mol. The molecule has 1 aliphatic rings. The second-order valence-corrected chi connectivity index (χ2v) is 11.1. The molecule has 3 N–H and O–H groups in total. The molecule has 1 heterocycles. The number of carbonyl (C=O) groups is 2. The minimum atomic E-state index is -1.08. The number of aliphatic carboxylic acids is 1. The number of nitrogens with zero attached hydrogens (tertiary/aromatic N) is 1. The fraction of sp³-hybridized carbons (Fsp3) is 0.562. The quantitative estimate of drug-likeness (QED) is 0.273. The number of aliphatic hydroxyl groups is 1. The van der Waals surface area contributed by atoms with Gasteiger partial charge in [-0.1, -0.05) is 81.1 Å². The number of aryl methyl sites for hydroxylation is 1. The van der Waals surface area contributed by atoms with Gasteiger partial charge in [-0.2, -0.15) is 0 Å². The summed E-state index contributed by atoms with van der Waals surface area (Å²) in [6.07, 6.45) is 9.96. The van der Waals surface area contributed by atoms with Crippen molar-refractivity contribution in [2.24, 2.45) is 0 Å². The highest BCUT2D eigenvalue weighted by Crippen LogP contribution is 2.34. The van der Waals surface area contributed by atoms with E-state index in [2.05, 4.69) is 42.3 Å². The summed E-state index contributed by atoms with van der Waals surface area (Å²) in [4.78, 5) is 25.3. The summed E-state index contributed by atoms with van der Waals surface area (Å²) in [6, 6.07) is 16.7. The number of para-hydroxylation sites is 1. The predicted molar refractivity (Wildman–Crippen MR) is 156 cm³/mol. The second-order valence-electron chi connectivity index (χ2n) is 11.1. The number of carboxylic acids is 1. The molecule has 1 saturated heterocycles. The lowest BCUT2D eigenvalue weighted by Crippen LogP contribution is -2.34. The number of benzene rings is 2. The minimum absolute atomic E-state index is 0.0786. The maximum atomic E-state index is 12.9. The fourth-order valence-corrected chi connectivity index (χ4v) is 4.99. The van der Waals surface area contributed by atoms with Gasteiger partial charge in [-0.25, -0.2) is 0 Å². The van der Waals surface area contributed by atoms with Crippen LogP contribution in [0.25, 0.3) is 0 Å². The highest BCUT2D eigenvalue weighted by Gasteiger charge is 2.23. The first-order valence-electron chi connectivity index (χ1n) is 14.2. The Hall–Kier alpha value is -2.86. The number of amides is 1. The van der Waals surface area contributed by atoms with Crippen LogP contribution in [-0.2, 0) is 16.0 Å². The van der Waals surface area contributed by atoms with Crippen LogP contribution < -0.4 is 10.2 Å². The van der Waals surface area contributed by atoms with E-state index in [1.54, 1.807) is 0 Å². The van der Waals surface area contributed by atoms with Gasteiger partial charge >= 0.3 is 5.97 Å². The molecule has 0 saturated carbocycles. The van der Waals surface area contributed by atoms with Gasteiger partial charge in [-0.05, 0) is 63.1 Å². The molecule has 2 aromatic carbocycles. The molecule has 1 aliphatic heterocycles. The van der Waals surface area contributed by atoms with Crippen molar-refractivity contribution < 1.29 is 19.8 Å². The fourth-order valence-electron chi connectivity index (χ4n) is 4.99. The molecular formula is C32H48N2O4. The number of hydrogen-bond donors (Lipinski definition) is 3. The number of anilines is 1. The van der Waals surface area contributed by atoms with Gasteiger partial charge in [0.2, 0.25) is 5.91 Å². The number of rotatable bonds is 12. The van der Waals surface area contributed by atoms with E-state index in [4.69, 9.17) is 10.2 Å². The van der Waals surface area contributed by atoms with Gasteiger partial charge in [0.05, 0.1) is 24.5 Å². The topological polar surface area (TPSA) is 89.9 Å². The van der Waals surface area contributed by atoms with E-state index in [1.165, 1.54) is 69.2 Å². The molecule has 0 bridgehead atoms. The van der Waals surface area contributed by atoms with Crippen LogP contribution in [0.2, 0.25) is 0 Å². The van der Waals surface area contributed by atoms with Gasteiger partial charge in [-0.15, -0.1) is 0 Å². The molecule has 0 aliphatic carbocycles. The van der Waals surface area contributed by atoms with Gasteiger partial charge in [0.25, 0.3) is 0 Å². The van der Waals surface area contributed by atoms with E-state index in [0.717, 1.165) is 31.5 Å². The van der Waals surface area contributed by atoms with Crippen LogP contribution >= 0.6 is 0 Å². The molecule has 0 radical (unpaired) electrons. The third kappa shape index (κ3) is 11.7. The monoisotopic (exact) mass is 524 g/mol. The van der Waals surface area contributed by atoms with E-state index in [9.17, 15) is 9.59 Å². The largest absolute Gasteiger partial charge is 0.481 e. The van der Waals surface area contributed by atoms with Crippen LogP contribution in [0.5, 0.6) is 0 Å². The minimum Gasteiger partial charge on any atom is -0.481 e. The molecule has 1 unspecified atom stereocenters. The van der Waals surface area contributed by atoms with E-state index >= 15 is 0 Å². The van der Waals surface area contributed by atoms with E-state index in [1.807, 2.05) is 30.3 Å². The van der Waals surface area contributed by atoms with Crippen molar-refractivity contribution in [2.45, 2.75) is 104 Å². The lowest BCUT2D eigenvalue weighted by Gasteiger charge is -2.34. The van der Waals surface area contributed by atoms with Crippen LogP contribution in [0.4, 0.5) is 5.69 Å². The summed E-state index contributed by atoms with van der Waals surface area (Å²) in [7, 11) is 0. The molecular weight excluding hydrogens is 476 g/mol.